The fourth-order valence-corrected chi connectivity index (χ4v) is 4.46. The highest BCUT2D eigenvalue weighted by Gasteiger charge is 2.26. The van der Waals surface area contributed by atoms with Crippen LogP contribution >= 0.6 is 11.8 Å². The van der Waals surface area contributed by atoms with Crippen LogP contribution in [-0.2, 0) is 4.79 Å². The molecule has 124 valence electrons. The maximum atomic E-state index is 11.4. The molecule has 0 spiro atoms. The summed E-state index contributed by atoms with van der Waals surface area (Å²) in [7, 11) is 0. The number of aldehydes is 1. The molecule has 0 aromatic heterocycles. The first-order valence-electron chi connectivity index (χ1n) is 9.01. The van der Waals surface area contributed by atoms with Crippen LogP contribution in [0, 0.1) is 23.2 Å². The molecule has 0 radical (unpaired) electrons. The van der Waals surface area contributed by atoms with Crippen LogP contribution in [0.1, 0.15) is 78.6 Å². The van der Waals surface area contributed by atoms with Crippen molar-refractivity contribution in [2.75, 3.05) is 12.0 Å². The summed E-state index contributed by atoms with van der Waals surface area (Å²) >= 11 is 1.96. The largest absolute Gasteiger partial charge is 0.303 e. The molecular formula is C19H36OS. The van der Waals surface area contributed by atoms with Crippen molar-refractivity contribution in [1.82, 2.24) is 0 Å². The van der Waals surface area contributed by atoms with Crippen molar-refractivity contribution in [3.63, 3.8) is 0 Å². The van der Waals surface area contributed by atoms with Crippen molar-refractivity contribution < 1.29 is 4.79 Å². The Hall–Kier alpha value is 0.0200. The number of hydrogen-bond donors (Lipinski definition) is 0. The zero-order valence-electron chi connectivity index (χ0n) is 14.7. The molecule has 21 heavy (non-hydrogen) atoms. The first kappa shape index (κ1) is 19.1. The first-order valence-corrected chi connectivity index (χ1v) is 10.4. The molecule has 1 aliphatic carbocycles. The minimum atomic E-state index is 0.309. The van der Waals surface area contributed by atoms with Gasteiger partial charge < -0.3 is 4.79 Å². The van der Waals surface area contributed by atoms with E-state index in [2.05, 4.69) is 27.0 Å². The Morgan fingerprint density at radius 3 is 2.52 bits per heavy atom. The molecule has 1 nitrogen and oxygen atoms in total. The van der Waals surface area contributed by atoms with Gasteiger partial charge in [0.15, 0.2) is 0 Å². The van der Waals surface area contributed by atoms with E-state index in [1.807, 2.05) is 11.8 Å². The van der Waals surface area contributed by atoms with E-state index < -0.39 is 0 Å². The van der Waals surface area contributed by atoms with E-state index in [4.69, 9.17) is 0 Å². The van der Waals surface area contributed by atoms with Crippen molar-refractivity contribution in [3.05, 3.63) is 0 Å². The summed E-state index contributed by atoms with van der Waals surface area (Å²) in [5, 5.41) is 0. The molecule has 1 unspecified atom stereocenters. The molecule has 0 N–H and O–H groups in total. The SMILES string of the molecule is CC[C@H](CC1CC1)C[C@@H](C=O)CCCC(C)(CC)CSC. The fraction of sp³-hybridized carbons (Fsp3) is 0.947. The van der Waals surface area contributed by atoms with Crippen LogP contribution in [0.3, 0.4) is 0 Å². The van der Waals surface area contributed by atoms with Crippen molar-refractivity contribution in [3.8, 4) is 0 Å². The highest BCUT2D eigenvalue weighted by Crippen LogP contribution is 2.38. The van der Waals surface area contributed by atoms with Crippen LogP contribution in [-0.4, -0.2) is 18.3 Å². The fourth-order valence-electron chi connectivity index (χ4n) is 3.41. The number of hydrogen-bond acceptors (Lipinski definition) is 2. The van der Waals surface area contributed by atoms with E-state index in [0.717, 1.165) is 24.7 Å². The molecule has 0 aromatic rings. The van der Waals surface area contributed by atoms with E-state index in [9.17, 15) is 4.79 Å². The highest BCUT2D eigenvalue weighted by molar-refractivity contribution is 7.98. The zero-order chi connectivity index (χ0) is 15.7. The van der Waals surface area contributed by atoms with Crippen LogP contribution in [0.2, 0.25) is 0 Å². The van der Waals surface area contributed by atoms with Gasteiger partial charge in [0.05, 0.1) is 0 Å². The van der Waals surface area contributed by atoms with Crippen molar-refractivity contribution in [2.45, 2.75) is 78.6 Å². The average molecular weight is 313 g/mol. The monoisotopic (exact) mass is 312 g/mol. The lowest BCUT2D eigenvalue weighted by molar-refractivity contribution is -0.111. The summed E-state index contributed by atoms with van der Waals surface area (Å²) in [6.07, 6.45) is 14.9. The zero-order valence-corrected chi connectivity index (χ0v) is 15.5. The lowest BCUT2D eigenvalue weighted by Gasteiger charge is -2.28. The molecule has 1 aliphatic rings. The molecule has 0 heterocycles. The number of thioether (sulfide) groups is 1. The lowest BCUT2D eigenvalue weighted by atomic mass is 9.81. The van der Waals surface area contributed by atoms with Gasteiger partial charge in [-0.1, -0.05) is 46.5 Å². The van der Waals surface area contributed by atoms with E-state index in [1.165, 1.54) is 57.0 Å². The predicted octanol–water partition coefficient (Wildman–Crippen LogP) is 5.97. The Morgan fingerprint density at radius 2 is 2.05 bits per heavy atom. The van der Waals surface area contributed by atoms with Crippen molar-refractivity contribution in [1.29, 1.82) is 0 Å². The normalized spacial score (nSPS) is 20.8. The number of rotatable bonds is 13. The smallest absolute Gasteiger partial charge is 0.123 e. The van der Waals surface area contributed by atoms with Gasteiger partial charge in [0.2, 0.25) is 0 Å². The van der Waals surface area contributed by atoms with E-state index in [0.29, 0.717) is 11.3 Å². The van der Waals surface area contributed by atoms with Gasteiger partial charge in [-0.25, -0.2) is 0 Å². The molecule has 0 aliphatic heterocycles. The number of carbonyl (C=O) groups excluding carboxylic acids is 1. The van der Waals surface area contributed by atoms with Gasteiger partial charge in [0.25, 0.3) is 0 Å². The van der Waals surface area contributed by atoms with Gasteiger partial charge in [-0.05, 0) is 61.4 Å². The Morgan fingerprint density at radius 1 is 1.33 bits per heavy atom. The molecule has 0 saturated heterocycles. The van der Waals surface area contributed by atoms with E-state index in [1.54, 1.807) is 0 Å². The van der Waals surface area contributed by atoms with E-state index >= 15 is 0 Å². The van der Waals surface area contributed by atoms with Gasteiger partial charge in [-0.2, -0.15) is 11.8 Å². The second-order valence-electron chi connectivity index (χ2n) is 7.57. The third-order valence-electron chi connectivity index (χ3n) is 5.47. The average Bonchev–Trinajstić information content (AvgIpc) is 3.29. The second-order valence-corrected chi connectivity index (χ2v) is 8.44. The summed E-state index contributed by atoms with van der Waals surface area (Å²) in [5.41, 5.74) is 0.463. The Labute approximate surface area is 137 Å². The molecule has 2 heteroatoms. The Balaban J connectivity index is 2.30. The van der Waals surface area contributed by atoms with Gasteiger partial charge in [0.1, 0.15) is 6.29 Å². The summed E-state index contributed by atoms with van der Waals surface area (Å²) in [6.45, 7) is 7.00. The van der Waals surface area contributed by atoms with Crippen molar-refractivity contribution in [2.24, 2.45) is 23.2 Å². The minimum Gasteiger partial charge on any atom is -0.303 e. The molecule has 0 aromatic carbocycles. The van der Waals surface area contributed by atoms with Crippen LogP contribution in [0.5, 0.6) is 0 Å². The standard InChI is InChI=1S/C19H36OS/c1-5-16(12-17-9-10-17)13-18(14-20)8-7-11-19(3,6-2)15-21-4/h14,16-18H,5-13,15H2,1-4H3/t16-,18+,19?/m1/s1. The third-order valence-corrected chi connectivity index (χ3v) is 6.46. The van der Waals surface area contributed by atoms with Crippen LogP contribution in [0.4, 0.5) is 0 Å². The Bertz CT molecular complexity index is 287. The van der Waals surface area contributed by atoms with Gasteiger partial charge in [-0.15, -0.1) is 0 Å². The van der Waals surface area contributed by atoms with Gasteiger partial charge in [0, 0.05) is 5.92 Å². The molecule has 1 saturated carbocycles. The summed E-state index contributed by atoms with van der Waals surface area (Å²) < 4.78 is 0. The summed E-state index contributed by atoms with van der Waals surface area (Å²) in [6, 6.07) is 0. The number of carbonyl (C=O) groups is 1. The highest BCUT2D eigenvalue weighted by atomic mass is 32.2. The van der Waals surface area contributed by atoms with Crippen LogP contribution < -0.4 is 0 Å². The van der Waals surface area contributed by atoms with Crippen LogP contribution in [0.25, 0.3) is 0 Å². The maximum absolute atomic E-state index is 11.4. The van der Waals surface area contributed by atoms with E-state index in [-0.39, 0.29) is 0 Å². The molecule has 1 rings (SSSR count). The molecular weight excluding hydrogens is 276 g/mol. The molecule has 0 amide bonds. The maximum Gasteiger partial charge on any atom is 0.123 e. The minimum absolute atomic E-state index is 0.309. The quantitative estimate of drug-likeness (QED) is 0.390. The third kappa shape index (κ3) is 7.72. The summed E-state index contributed by atoms with van der Waals surface area (Å²) in [4.78, 5) is 11.4. The van der Waals surface area contributed by atoms with Gasteiger partial charge >= 0.3 is 0 Å². The van der Waals surface area contributed by atoms with Gasteiger partial charge in [-0.3, -0.25) is 0 Å². The molecule has 0 bridgehead atoms. The summed E-state index contributed by atoms with van der Waals surface area (Å²) in [5.74, 6) is 3.34. The molecule has 3 atom stereocenters. The topological polar surface area (TPSA) is 17.1 Å². The van der Waals surface area contributed by atoms with Crippen LogP contribution in [0.15, 0.2) is 0 Å². The molecule has 1 fully saturated rings. The first-order chi connectivity index (χ1) is 10.1. The predicted molar refractivity (Wildman–Crippen MR) is 95.9 cm³/mol. The Kier molecular flexibility index (Phi) is 9.01. The second kappa shape index (κ2) is 9.92. The van der Waals surface area contributed by atoms with Crippen molar-refractivity contribution >= 4 is 18.0 Å². The lowest BCUT2D eigenvalue weighted by Crippen LogP contribution is -2.19.